The molecule has 0 spiro atoms. The third kappa shape index (κ3) is 2.21. The molecule has 1 aliphatic rings. The Morgan fingerprint density at radius 2 is 2.17 bits per heavy atom. The SMILES string of the molecule is CN1CCCc2cc(C(O)C(C)(C)C#N)ccc21. The summed E-state index contributed by atoms with van der Waals surface area (Å²) in [4.78, 5) is 2.24. The van der Waals surface area contributed by atoms with Crippen LogP contribution in [0.5, 0.6) is 0 Å². The Balaban J connectivity index is 2.35. The van der Waals surface area contributed by atoms with Crippen LogP contribution in [0.1, 0.15) is 37.5 Å². The zero-order valence-corrected chi connectivity index (χ0v) is 11.3. The van der Waals surface area contributed by atoms with Crippen molar-refractivity contribution in [2.45, 2.75) is 32.8 Å². The topological polar surface area (TPSA) is 47.3 Å². The summed E-state index contributed by atoms with van der Waals surface area (Å²) in [5, 5.41) is 19.4. The highest BCUT2D eigenvalue weighted by Gasteiger charge is 2.29. The van der Waals surface area contributed by atoms with Crippen molar-refractivity contribution >= 4 is 5.69 Å². The Labute approximate surface area is 109 Å². The van der Waals surface area contributed by atoms with E-state index < -0.39 is 11.5 Å². The third-order valence-electron chi connectivity index (χ3n) is 3.74. The summed E-state index contributed by atoms with van der Waals surface area (Å²) in [6, 6.07) is 8.21. The Morgan fingerprint density at radius 1 is 1.44 bits per heavy atom. The van der Waals surface area contributed by atoms with Gasteiger partial charge in [0.25, 0.3) is 0 Å². The van der Waals surface area contributed by atoms with Crippen molar-refractivity contribution in [2.75, 3.05) is 18.5 Å². The standard InChI is InChI=1S/C15H20N2O/c1-15(2,10-16)14(18)12-6-7-13-11(9-12)5-4-8-17(13)3/h6-7,9,14,18H,4-5,8H2,1-3H3. The second kappa shape index (κ2) is 4.62. The molecule has 1 atom stereocenters. The first-order valence-electron chi connectivity index (χ1n) is 6.39. The van der Waals surface area contributed by atoms with Crippen LogP contribution in [0.25, 0.3) is 0 Å². The van der Waals surface area contributed by atoms with Gasteiger partial charge in [-0.25, -0.2) is 0 Å². The van der Waals surface area contributed by atoms with Gasteiger partial charge in [0.15, 0.2) is 0 Å². The van der Waals surface area contributed by atoms with Crippen LogP contribution in [-0.2, 0) is 6.42 Å². The van der Waals surface area contributed by atoms with Gasteiger partial charge in [-0.3, -0.25) is 0 Å². The zero-order valence-electron chi connectivity index (χ0n) is 11.3. The average Bonchev–Trinajstić information content (AvgIpc) is 2.37. The van der Waals surface area contributed by atoms with Crippen molar-refractivity contribution in [1.29, 1.82) is 5.26 Å². The van der Waals surface area contributed by atoms with Gasteiger partial charge >= 0.3 is 0 Å². The van der Waals surface area contributed by atoms with Gasteiger partial charge in [0.2, 0.25) is 0 Å². The summed E-state index contributed by atoms with van der Waals surface area (Å²) in [6.45, 7) is 4.62. The molecule has 3 heteroatoms. The van der Waals surface area contributed by atoms with Gasteiger partial charge in [-0.15, -0.1) is 0 Å². The van der Waals surface area contributed by atoms with Crippen LogP contribution in [0.15, 0.2) is 18.2 Å². The van der Waals surface area contributed by atoms with Gasteiger partial charge in [-0.05, 0) is 43.9 Å². The first kappa shape index (κ1) is 12.9. The van der Waals surface area contributed by atoms with Crippen LogP contribution in [0, 0.1) is 16.7 Å². The van der Waals surface area contributed by atoms with Gasteiger partial charge in [-0.1, -0.05) is 12.1 Å². The van der Waals surface area contributed by atoms with E-state index in [0.29, 0.717) is 0 Å². The number of fused-ring (bicyclic) bond motifs is 1. The Bertz CT molecular complexity index is 488. The molecule has 96 valence electrons. The summed E-state index contributed by atoms with van der Waals surface area (Å²) in [7, 11) is 2.09. The van der Waals surface area contributed by atoms with Crippen molar-refractivity contribution in [3.8, 4) is 6.07 Å². The molecule has 0 saturated heterocycles. The maximum Gasteiger partial charge on any atom is 0.0970 e. The molecule has 1 N–H and O–H groups in total. The lowest BCUT2D eigenvalue weighted by atomic mass is 9.83. The highest BCUT2D eigenvalue weighted by molar-refractivity contribution is 5.56. The number of rotatable bonds is 2. The summed E-state index contributed by atoms with van der Waals surface area (Å²) in [6.07, 6.45) is 1.46. The lowest BCUT2D eigenvalue weighted by Gasteiger charge is -2.29. The first-order valence-corrected chi connectivity index (χ1v) is 6.39. The number of hydrogen-bond acceptors (Lipinski definition) is 3. The Hall–Kier alpha value is -1.53. The maximum atomic E-state index is 10.3. The molecular weight excluding hydrogens is 224 g/mol. The quantitative estimate of drug-likeness (QED) is 0.870. The lowest BCUT2D eigenvalue weighted by molar-refractivity contribution is 0.0867. The smallest absolute Gasteiger partial charge is 0.0970 e. The van der Waals surface area contributed by atoms with E-state index in [1.807, 2.05) is 6.07 Å². The molecular formula is C15H20N2O. The number of aliphatic hydroxyl groups is 1. The zero-order chi connectivity index (χ0) is 13.3. The summed E-state index contributed by atoms with van der Waals surface area (Å²) in [5.41, 5.74) is 2.60. The highest BCUT2D eigenvalue weighted by atomic mass is 16.3. The molecule has 1 aromatic rings. The van der Waals surface area contributed by atoms with Crippen LogP contribution in [0.2, 0.25) is 0 Å². The minimum Gasteiger partial charge on any atom is -0.387 e. The molecule has 0 amide bonds. The van der Waals surface area contributed by atoms with Crippen LogP contribution in [-0.4, -0.2) is 18.7 Å². The minimum atomic E-state index is -0.755. The largest absolute Gasteiger partial charge is 0.387 e. The molecule has 0 saturated carbocycles. The predicted octanol–water partition coefficient (Wildman–Crippen LogP) is 2.65. The lowest BCUT2D eigenvalue weighted by Crippen LogP contribution is -2.25. The fraction of sp³-hybridized carbons (Fsp3) is 0.533. The molecule has 1 unspecified atom stereocenters. The van der Waals surface area contributed by atoms with E-state index in [9.17, 15) is 5.11 Å². The molecule has 18 heavy (non-hydrogen) atoms. The van der Waals surface area contributed by atoms with Crippen LogP contribution >= 0.6 is 0 Å². The Morgan fingerprint density at radius 3 is 2.83 bits per heavy atom. The van der Waals surface area contributed by atoms with E-state index in [1.54, 1.807) is 13.8 Å². The Kier molecular flexibility index (Phi) is 3.32. The van der Waals surface area contributed by atoms with E-state index in [-0.39, 0.29) is 0 Å². The number of nitrogens with zero attached hydrogens (tertiary/aromatic N) is 2. The molecule has 0 radical (unpaired) electrons. The predicted molar refractivity (Wildman–Crippen MR) is 72.4 cm³/mol. The fourth-order valence-corrected chi connectivity index (χ4v) is 2.45. The van der Waals surface area contributed by atoms with Crippen LogP contribution in [0.4, 0.5) is 5.69 Å². The number of aryl methyl sites for hydroxylation is 1. The van der Waals surface area contributed by atoms with Crippen LogP contribution in [0.3, 0.4) is 0 Å². The summed E-state index contributed by atoms with van der Waals surface area (Å²) < 4.78 is 0. The van der Waals surface area contributed by atoms with E-state index in [0.717, 1.165) is 24.9 Å². The first-order chi connectivity index (χ1) is 8.45. The molecule has 2 rings (SSSR count). The van der Waals surface area contributed by atoms with Gasteiger partial charge in [-0.2, -0.15) is 5.26 Å². The van der Waals surface area contributed by atoms with Crippen molar-refractivity contribution in [3.05, 3.63) is 29.3 Å². The number of nitriles is 1. The van der Waals surface area contributed by atoms with E-state index in [2.05, 4.69) is 30.1 Å². The number of hydrogen-bond donors (Lipinski definition) is 1. The number of aliphatic hydroxyl groups excluding tert-OH is 1. The minimum absolute atomic E-state index is 0.736. The molecule has 1 heterocycles. The fourth-order valence-electron chi connectivity index (χ4n) is 2.45. The van der Waals surface area contributed by atoms with Gasteiger partial charge < -0.3 is 10.0 Å². The average molecular weight is 244 g/mol. The number of anilines is 1. The summed E-state index contributed by atoms with van der Waals surface area (Å²) >= 11 is 0. The van der Waals surface area contributed by atoms with Gasteiger partial charge in [0.1, 0.15) is 0 Å². The molecule has 0 aromatic heterocycles. The maximum absolute atomic E-state index is 10.3. The van der Waals surface area contributed by atoms with Gasteiger partial charge in [0.05, 0.1) is 17.6 Å². The second-order valence-corrected chi connectivity index (χ2v) is 5.65. The normalized spacial score (nSPS) is 16.9. The molecule has 0 fully saturated rings. The van der Waals surface area contributed by atoms with E-state index >= 15 is 0 Å². The highest BCUT2D eigenvalue weighted by Crippen LogP contribution is 2.35. The van der Waals surface area contributed by atoms with Gasteiger partial charge in [0, 0.05) is 19.3 Å². The van der Waals surface area contributed by atoms with Crippen molar-refractivity contribution < 1.29 is 5.11 Å². The van der Waals surface area contributed by atoms with E-state index in [1.165, 1.54) is 11.3 Å². The monoisotopic (exact) mass is 244 g/mol. The molecule has 1 aliphatic heterocycles. The van der Waals surface area contributed by atoms with Crippen molar-refractivity contribution in [1.82, 2.24) is 0 Å². The number of benzene rings is 1. The molecule has 0 aliphatic carbocycles. The van der Waals surface area contributed by atoms with Crippen molar-refractivity contribution in [3.63, 3.8) is 0 Å². The third-order valence-corrected chi connectivity index (χ3v) is 3.74. The molecule has 0 bridgehead atoms. The van der Waals surface area contributed by atoms with E-state index in [4.69, 9.17) is 5.26 Å². The van der Waals surface area contributed by atoms with Crippen LogP contribution < -0.4 is 4.90 Å². The van der Waals surface area contributed by atoms with Crippen molar-refractivity contribution in [2.24, 2.45) is 5.41 Å². The molecule has 3 nitrogen and oxygen atoms in total. The summed E-state index contributed by atoms with van der Waals surface area (Å²) in [5.74, 6) is 0. The molecule has 1 aromatic carbocycles. The second-order valence-electron chi connectivity index (χ2n) is 5.65.